The number of anilines is 1. The fourth-order valence-electron chi connectivity index (χ4n) is 2.58. The molecule has 2 rings (SSSR count). The fourth-order valence-corrected chi connectivity index (χ4v) is 2.58. The Morgan fingerprint density at radius 3 is 2.29 bits per heavy atom. The van der Waals surface area contributed by atoms with Gasteiger partial charge in [-0.3, -0.25) is 0 Å². The van der Waals surface area contributed by atoms with E-state index in [0.717, 1.165) is 28.2 Å². The molecular formula is C19H24N2O3. The molecule has 0 aliphatic carbocycles. The monoisotopic (exact) mass is 328 g/mol. The zero-order chi connectivity index (χ0) is 17.9. The second kappa shape index (κ2) is 6.83. The SMILES string of the molecule is Cc1cc(Oc2ccc(N)cc2)c(C)cc1CC(C)(C)OC(N)=O. The molecule has 0 aliphatic heterocycles. The van der Waals surface area contributed by atoms with Crippen LogP contribution in [0.25, 0.3) is 0 Å². The standard InChI is InChI=1S/C19H24N2O3/c1-12-10-17(23-16-7-5-15(20)6-8-16)13(2)9-14(12)11-19(3,4)24-18(21)22/h5-10H,11,20H2,1-4H3,(H2,21,22). The van der Waals surface area contributed by atoms with Gasteiger partial charge < -0.3 is 20.9 Å². The molecule has 0 fully saturated rings. The predicted molar refractivity (Wildman–Crippen MR) is 95.3 cm³/mol. The van der Waals surface area contributed by atoms with Crippen molar-refractivity contribution < 1.29 is 14.3 Å². The maximum absolute atomic E-state index is 11.0. The van der Waals surface area contributed by atoms with Crippen LogP contribution in [0.1, 0.15) is 30.5 Å². The lowest BCUT2D eigenvalue weighted by Crippen LogP contribution is -2.33. The van der Waals surface area contributed by atoms with E-state index in [0.29, 0.717) is 12.1 Å². The first-order valence-electron chi connectivity index (χ1n) is 7.78. The fraction of sp³-hybridized carbons (Fsp3) is 0.316. The number of ether oxygens (including phenoxy) is 2. The van der Waals surface area contributed by atoms with Gasteiger partial charge in [0.05, 0.1) is 0 Å². The molecule has 0 radical (unpaired) electrons. The summed E-state index contributed by atoms with van der Waals surface area (Å²) in [5, 5.41) is 0. The highest BCUT2D eigenvalue weighted by Crippen LogP contribution is 2.30. The summed E-state index contributed by atoms with van der Waals surface area (Å²) in [6.07, 6.45) is -0.192. The number of benzene rings is 2. The van der Waals surface area contributed by atoms with Crippen LogP contribution in [0.5, 0.6) is 11.5 Å². The lowest BCUT2D eigenvalue weighted by Gasteiger charge is -2.25. The number of primary amides is 1. The summed E-state index contributed by atoms with van der Waals surface area (Å²) in [6.45, 7) is 7.67. The molecule has 0 spiro atoms. The van der Waals surface area contributed by atoms with Crippen LogP contribution in [0.3, 0.4) is 0 Å². The maximum Gasteiger partial charge on any atom is 0.405 e. The molecule has 5 heteroatoms. The van der Waals surface area contributed by atoms with Crippen molar-refractivity contribution in [2.75, 3.05) is 5.73 Å². The Hall–Kier alpha value is -2.69. The third-order valence-electron chi connectivity index (χ3n) is 3.73. The second-order valence-corrected chi connectivity index (χ2v) is 6.57. The van der Waals surface area contributed by atoms with E-state index in [2.05, 4.69) is 0 Å². The van der Waals surface area contributed by atoms with Gasteiger partial charge in [0.1, 0.15) is 17.1 Å². The van der Waals surface area contributed by atoms with Crippen molar-refractivity contribution >= 4 is 11.8 Å². The summed E-state index contributed by atoms with van der Waals surface area (Å²) in [4.78, 5) is 11.0. The molecule has 0 aromatic heterocycles. The van der Waals surface area contributed by atoms with Gasteiger partial charge in [-0.15, -0.1) is 0 Å². The molecule has 0 saturated carbocycles. The largest absolute Gasteiger partial charge is 0.457 e. The van der Waals surface area contributed by atoms with Crippen molar-refractivity contribution in [1.82, 2.24) is 0 Å². The molecule has 5 nitrogen and oxygen atoms in total. The zero-order valence-corrected chi connectivity index (χ0v) is 14.6. The summed E-state index contributed by atoms with van der Waals surface area (Å²) < 4.78 is 11.1. The van der Waals surface area contributed by atoms with Gasteiger partial charge in [0.2, 0.25) is 0 Å². The number of nitrogens with two attached hydrogens (primary N) is 2. The van der Waals surface area contributed by atoms with E-state index in [1.165, 1.54) is 0 Å². The zero-order valence-electron chi connectivity index (χ0n) is 14.6. The van der Waals surface area contributed by atoms with Crippen LogP contribution >= 0.6 is 0 Å². The number of rotatable bonds is 5. The molecular weight excluding hydrogens is 304 g/mol. The van der Waals surface area contributed by atoms with Crippen LogP contribution in [-0.2, 0) is 11.2 Å². The normalized spacial score (nSPS) is 11.2. The van der Waals surface area contributed by atoms with Crippen LogP contribution < -0.4 is 16.2 Å². The Labute approximate surface area is 142 Å². The van der Waals surface area contributed by atoms with Crippen LogP contribution in [0.2, 0.25) is 0 Å². The topological polar surface area (TPSA) is 87.6 Å². The Morgan fingerprint density at radius 1 is 1.08 bits per heavy atom. The van der Waals surface area contributed by atoms with Crippen molar-refractivity contribution in [3.8, 4) is 11.5 Å². The number of hydrogen-bond acceptors (Lipinski definition) is 4. The third-order valence-corrected chi connectivity index (χ3v) is 3.73. The molecule has 0 atom stereocenters. The number of amides is 1. The van der Waals surface area contributed by atoms with Crippen LogP contribution in [0.15, 0.2) is 36.4 Å². The Bertz CT molecular complexity index is 737. The first-order valence-corrected chi connectivity index (χ1v) is 7.78. The van der Waals surface area contributed by atoms with Crippen molar-refractivity contribution in [2.24, 2.45) is 5.73 Å². The van der Waals surface area contributed by atoms with Gasteiger partial charge in [-0.1, -0.05) is 6.07 Å². The molecule has 0 aliphatic rings. The van der Waals surface area contributed by atoms with E-state index in [9.17, 15) is 4.79 Å². The first-order chi connectivity index (χ1) is 11.2. The van der Waals surface area contributed by atoms with E-state index in [1.807, 2.05) is 52.0 Å². The number of carbonyl (C=O) groups excluding carboxylic acids is 1. The highest BCUT2D eigenvalue weighted by Gasteiger charge is 2.23. The van der Waals surface area contributed by atoms with E-state index < -0.39 is 11.7 Å². The lowest BCUT2D eigenvalue weighted by atomic mass is 9.93. The van der Waals surface area contributed by atoms with Gasteiger partial charge in [-0.2, -0.15) is 0 Å². The minimum absolute atomic E-state index is 0.574. The number of aryl methyl sites for hydroxylation is 2. The average molecular weight is 328 g/mol. The highest BCUT2D eigenvalue weighted by atomic mass is 16.6. The molecule has 0 bridgehead atoms. The van der Waals surface area contributed by atoms with Gasteiger partial charge in [0, 0.05) is 12.1 Å². The van der Waals surface area contributed by atoms with Crippen molar-refractivity contribution in [1.29, 1.82) is 0 Å². The molecule has 4 N–H and O–H groups in total. The predicted octanol–water partition coefficient (Wildman–Crippen LogP) is 4.09. The van der Waals surface area contributed by atoms with Crippen LogP contribution in [0.4, 0.5) is 10.5 Å². The first kappa shape index (κ1) is 17.7. The lowest BCUT2D eigenvalue weighted by molar-refractivity contribution is 0.0459. The molecule has 24 heavy (non-hydrogen) atoms. The minimum atomic E-state index is -0.766. The molecule has 1 amide bonds. The van der Waals surface area contributed by atoms with E-state index in [-0.39, 0.29) is 0 Å². The quantitative estimate of drug-likeness (QED) is 0.809. The second-order valence-electron chi connectivity index (χ2n) is 6.57. The van der Waals surface area contributed by atoms with Crippen LogP contribution in [0, 0.1) is 13.8 Å². The Balaban J connectivity index is 2.21. The van der Waals surface area contributed by atoms with Gasteiger partial charge in [0.15, 0.2) is 0 Å². The third kappa shape index (κ3) is 4.65. The molecule has 0 saturated heterocycles. The maximum atomic E-state index is 11.0. The molecule has 0 unspecified atom stereocenters. The minimum Gasteiger partial charge on any atom is -0.457 e. The molecule has 0 heterocycles. The molecule has 128 valence electrons. The summed E-state index contributed by atoms with van der Waals surface area (Å²) in [5.74, 6) is 1.52. The van der Waals surface area contributed by atoms with E-state index in [1.54, 1.807) is 12.1 Å². The highest BCUT2D eigenvalue weighted by molar-refractivity contribution is 5.65. The van der Waals surface area contributed by atoms with E-state index >= 15 is 0 Å². The summed E-state index contributed by atoms with van der Waals surface area (Å²) in [5.41, 5.74) is 14.0. The summed E-state index contributed by atoms with van der Waals surface area (Å²) in [6, 6.07) is 11.3. The van der Waals surface area contributed by atoms with E-state index in [4.69, 9.17) is 20.9 Å². The van der Waals surface area contributed by atoms with Gasteiger partial charge >= 0.3 is 6.09 Å². The Morgan fingerprint density at radius 2 is 1.71 bits per heavy atom. The van der Waals surface area contributed by atoms with Crippen molar-refractivity contribution in [3.05, 3.63) is 53.1 Å². The van der Waals surface area contributed by atoms with Crippen LogP contribution in [-0.4, -0.2) is 11.7 Å². The Kier molecular flexibility index (Phi) is 5.02. The smallest absolute Gasteiger partial charge is 0.405 e. The van der Waals surface area contributed by atoms with Gasteiger partial charge in [-0.05, 0) is 74.7 Å². The number of hydrogen-bond donors (Lipinski definition) is 2. The number of nitrogen functional groups attached to an aromatic ring is 1. The molecule has 2 aromatic carbocycles. The van der Waals surface area contributed by atoms with Gasteiger partial charge in [0.25, 0.3) is 0 Å². The van der Waals surface area contributed by atoms with Gasteiger partial charge in [-0.25, -0.2) is 4.79 Å². The summed E-state index contributed by atoms with van der Waals surface area (Å²) in [7, 11) is 0. The van der Waals surface area contributed by atoms with Crippen molar-refractivity contribution in [2.45, 2.75) is 39.7 Å². The number of carbonyl (C=O) groups is 1. The molecule has 2 aromatic rings. The summed E-state index contributed by atoms with van der Waals surface area (Å²) >= 11 is 0. The average Bonchev–Trinajstić information content (AvgIpc) is 2.45. The van der Waals surface area contributed by atoms with Crippen molar-refractivity contribution in [3.63, 3.8) is 0 Å².